The monoisotopic (exact) mass is 518 g/mol. The highest BCUT2D eigenvalue weighted by atomic mass is 15.2. The Bertz CT molecular complexity index is 1610. The SMILES string of the molecule is Cc1cc(N(c2ccccc2)c2ccccc2)ccc1-c1c(C)cccc1N(C1=CCCC=C1)c1ccccc1. The molecule has 2 nitrogen and oxygen atoms in total. The molecule has 0 atom stereocenters. The van der Waals surface area contributed by atoms with Gasteiger partial charge in [-0.25, -0.2) is 0 Å². The number of aryl methyl sites for hydroxylation is 2. The molecule has 5 aromatic rings. The number of benzene rings is 5. The van der Waals surface area contributed by atoms with Gasteiger partial charge in [0.15, 0.2) is 0 Å². The van der Waals surface area contributed by atoms with E-state index < -0.39 is 0 Å². The Balaban J connectivity index is 1.49. The highest BCUT2D eigenvalue weighted by Crippen LogP contribution is 2.43. The molecule has 40 heavy (non-hydrogen) atoms. The maximum atomic E-state index is 2.41. The summed E-state index contributed by atoms with van der Waals surface area (Å²) in [4.78, 5) is 4.73. The average molecular weight is 519 g/mol. The van der Waals surface area contributed by atoms with Crippen molar-refractivity contribution in [3.8, 4) is 11.1 Å². The van der Waals surface area contributed by atoms with E-state index >= 15 is 0 Å². The minimum atomic E-state index is 1.05. The fourth-order valence-corrected chi connectivity index (χ4v) is 5.63. The summed E-state index contributed by atoms with van der Waals surface area (Å²) in [7, 11) is 0. The Morgan fingerprint density at radius 1 is 0.500 bits per heavy atom. The van der Waals surface area contributed by atoms with E-state index in [9.17, 15) is 0 Å². The lowest BCUT2D eigenvalue weighted by molar-refractivity contribution is 0.997. The normalized spacial score (nSPS) is 12.6. The molecule has 0 unspecified atom stereocenters. The van der Waals surface area contributed by atoms with Gasteiger partial charge in [-0.2, -0.15) is 0 Å². The van der Waals surface area contributed by atoms with Gasteiger partial charge in [0, 0.05) is 34.0 Å². The predicted octanol–water partition coefficient (Wildman–Crippen LogP) is 10.8. The van der Waals surface area contributed by atoms with Crippen LogP contribution in [0.25, 0.3) is 11.1 Å². The van der Waals surface area contributed by atoms with Crippen molar-refractivity contribution >= 4 is 28.4 Å². The molecule has 0 spiro atoms. The molecule has 2 heteroatoms. The molecule has 0 N–H and O–H groups in total. The van der Waals surface area contributed by atoms with Crippen molar-refractivity contribution in [3.05, 3.63) is 162 Å². The fourth-order valence-electron chi connectivity index (χ4n) is 5.63. The number of para-hydroxylation sites is 3. The average Bonchev–Trinajstić information content (AvgIpc) is 3.00. The second kappa shape index (κ2) is 11.5. The summed E-state index contributed by atoms with van der Waals surface area (Å²) in [5.74, 6) is 0. The second-order valence-corrected chi connectivity index (χ2v) is 10.3. The molecule has 0 radical (unpaired) electrons. The Morgan fingerprint density at radius 3 is 1.65 bits per heavy atom. The van der Waals surface area contributed by atoms with Crippen LogP contribution in [-0.4, -0.2) is 0 Å². The van der Waals surface area contributed by atoms with E-state index in [1.54, 1.807) is 0 Å². The Labute approximate surface area is 238 Å². The number of allylic oxidation sites excluding steroid dienone is 3. The third kappa shape index (κ3) is 5.09. The molecular formula is C38H34N2. The van der Waals surface area contributed by atoms with Crippen molar-refractivity contribution < 1.29 is 0 Å². The van der Waals surface area contributed by atoms with Crippen molar-refractivity contribution in [2.75, 3.05) is 9.80 Å². The third-order valence-electron chi connectivity index (χ3n) is 7.51. The van der Waals surface area contributed by atoms with Gasteiger partial charge in [-0.3, -0.25) is 0 Å². The van der Waals surface area contributed by atoms with Crippen LogP contribution in [0.5, 0.6) is 0 Å². The quantitative estimate of drug-likeness (QED) is 0.211. The molecule has 0 saturated carbocycles. The molecule has 0 saturated heterocycles. The molecule has 1 aliphatic carbocycles. The lowest BCUT2D eigenvalue weighted by Gasteiger charge is -2.31. The molecule has 0 aliphatic heterocycles. The number of anilines is 5. The summed E-state index contributed by atoms with van der Waals surface area (Å²) < 4.78 is 0. The maximum absolute atomic E-state index is 2.41. The second-order valence-electron chi connectivity index (χ2n) is 10.3. The van der Waals surface area contributed by atoms with E-state index in [4.69, 9.17) is 0 Å². The molecule has 0 aromatic heterocycles. The van der Waals surface area contributed by atoms with Crippen LogP contribution in [0.3, 0.4) is 0 Å². The first-order valence-corrected chi connectivity index (χ1v) is 14.0. The molecule has 6 rings (SSSR count). The Morgan fingerprint density at radius 2 is 1.10 bits per heavy atom. The van der Waals surface area contributed by atoms with Crippen LogP contribution < -0.4 is 9.80 Å². The van der Waals surface area contributed by atoms with Gasteiger partial charge < -0.3 is 9.80 Å². The molecule has 0 heterocycles. The number of hydrogen-bond acceptors (Lipinski definition) is 2. The van der Waals surface area contributed by atoms with Gasteiger partial charge >= 0.3 is 0 Å². The van der Waals surface area contributed by atoms with Gasteiger partial charge in [-0.1, -0.05) is 84.9 Å². The largest absolute Gasteiger partial charge is 0.310 e. The highest BCUT2D eigenvalue weighted by Gasteiger charge is 2.21. The maximum Gasteiger partial charge on any atom is 0.0542 e. The first kappa shape index (κ1) is 25.5. The van der Waals surface area contributed by atoms with E-state index in [1.807, 2.05) is 0 Å². The summed E-state index contributed by atoms with van der Waals surface area (Å²) in [6.07, 6.45) is 9.04. The Kier molecular flexibility index (Phi) is 7.32. The molecule has 0 bridgehead atoms. The predicted molar refractivity (Wildman–Crippen MR) is 171 cm³/mol. The number of rotatable bonds is 7. The number of hydrogen-bond donors (Lipinski definition) is 0. The fraction of sp³-hybridized carbons (Fsp3) is 0.105. The van der Waals surface area contributed by atoms with Gasteiger partial charge in [0.25, 0.3) is 0 Å². The van der Waals surface area contributed by atoms with Crippen LogP contribution in [-0.2, 0) is 0 Å². The van der Waals surface area contributed by atoms with Gasteiger partial charge in [0.05, 0.1) is 5.69 Å². The topological polar surface area (TPSA) is 6.48 Å². The van der Waals surface area contributed by atoms with E-state index in [0.717, 1.165) is 29.9 Å². The molecule has 196 valence electrons. The van der Waals surface area contributed by atoms with E-state index in [2.05, 4.69) is 169 Å². The molecule has 5 aromatic carbocycles. The first-order chi connectivity index (χ1) is 19.7. The van der Waals surface area contributed by atoms with Crippen molar-refractivity contribution in [2.24, 2.45) is 0 Å². The summed E-state index contributed by atoms with van der Waals surface area (Å²) in [5.41, 5.74) is 12.0. The summed E-state index contributed by atoms with van der Waals surface area (Å²) >= 11 is 0. The van der Waals surface area contributed by atoms with Crippen LogP contribution in [0.15, 0.2) is 151 Å². The summed E-state index contributed by atoms with van der Waals surface area (Å²) in [6, 6.07) is 45.4. The van der Waals surface area contributed by atoms with Crippen molar-refractivity contribution in [3.63, 3.8) is 0 Å². The van der Waals surface area contributed by atoms with Crippen molar-refractivity contribution in [1.82, 2.24) is 0 Å². The zero-order valence-electron chi connectivity index (χ0n) is 23.2. The van der Waals surface area contributed by atoms with Gasteiger partial charge in [0.1, 0.15) is 0 Å². The van der Waals surface area contributed by atoms with Crippen LogP contribution >= 0.6 is 0 Å². The van der Waals surface area contributed by atoms with Crippen molar-refractivity contribution in [2.45, 2.75) is 26.7 Å². The van der Waals surface area contributed by atoms with Gasteiger partial charge in [-0.15, -0.1) is 0 Å². The van der Waals surface area contributed by atoms with E-state index in [1.165, 1.54) is 39.3 Å². The van der Waals surface area contributed by atoms with Crippen LogP contribution in [0.2, 0.25) is 0 Å². The summed E-state index contributed by atoms with van der Waals surface area (Å²) in [6.45, 7) is 4.45. The van der Waals surface area contributed by atoms with Gasteiger partial charge in [0.2, 0.25) is 0 Å². The van der Waals surface area contributed by atoms with Crippen LogP contribution in [0, 0.1) is 13.8 Å². The molecule has 0 amide bonds. The highest BCUT2D eigenvalue weighted by molar-refractivity contribution is 5.89. The smallest absolute Gasteiger partial charge is 0.0542 e. The summed E-state index contributed by atoms with van der Waals surface area (Å²) in [5, 5.41) is 0. The standard InChI is InChI=1S/C38H34N2/c1-29-16-15-25-37(40(33-21-11-5-12-22-33)34-23-13-6-14-24-34)38(29)36-27-26-35(28-30(36)2)39(31-17-7-3-8-18-31)32-19-9-4-10-20-32/h3-5,7-13,15-28H,6,14H2,1-2H3. The zero-order chi connectivity index (χ0) is 27.3. The van der Waals surface area contributed by atoms with Crippen LogP contribution in [0.1, 0.15) is 24.0 Å². The molecular weight excluding hydrogens is 484 g/mol. The molecule has 0 fully saturated rings. The lowest BCUT2D eigenvalue weighted by atomic mass is 9.93. The first-order valence-electron chi connectivity index (χ1n) is 14.0. The lowest BCUT2D eigenvalue weighted by Crippen LogP contribution is -2.17. The minimum Gasteiger partial charge on any atom is -0.310 e. The third-order valence-corrected chi connectivity index (χ3v) is 7.51. The minimum absolute atomic E-state index is 1.05. The van der Waals surface area contributed by atoms with E-state index in [-0.39, 0.29) is 0 Å². The van der Waals surface area contributed by atoms with Gasteiger partial charge in [-0.05, 0) is 104 Å². The number of nitrogens with zero attached hydrogens (tertiary/aromatic N) is 2. The van der Waals surface area contributed by atoms with E-state index in [0.29, 0.717) is 0 Å². The Hall–Kier alpha value is -4.82. The zero-order valence-corrected chi connectivity index (χ0v) is 23.2. The van der Waals surface area contributed by atoms with Crippen LogP contribution in [0.4, 0.5) is 28.4 Å². The molecule has 1 aliphatic rings. The van der Waals surface area contributed by atoms with Crippen molar-refractivity contribution in [1.29, 1.82) is 0 Å².